The Morgan fingerprint density at radius 3 is 1.69 bits per heavy atom. The minimum absolute atomic E-state index is 0.285. The lowest BCUT2D eigenvalue weighted by Crippen LogP contribution is -2.50. The maximum absolute atomic E-state index is 5.28. The van der Waals surface area contributed by atoms with E-state index < -0.39 is 0 Å². The van der Waals surface area contributed by atoms with Gasteiger partial charge in [0.15, 0.2) is 0 Å². The van der Waals surface area contributed by atoms with Gasteiger partial charge in [0.1, 0.15) is 7.11 Å². The third-order valence-corrected chi connectivity index (χ3v) is 6.02. The van der Waals surface area contributed by atoms with E-state index in [0.717, 1.165) is 0 Å². The van der Waals surface area contributed by atoms with Crippen molar-refractivity contribution >= 4 is 5.71 Å². The van der Waals surface area contributed by atoms with Gasteiger partial charge in [-0.15, -0.1) is 0 Å². The van der Waals surface area contributed by atoms with Gasteiger partial charge in [0.25, 0.3) is 0 Å². The van der Waals surface area contributed by atoms with E-state index in [1.807, 2.05) is 0 Å². The monoisotopic (exact) mass is 348 g/mol. The van der Waals surface area contributed by atoms with Crippen LogP contribution in [0.5, 0.6) is 0 Å². The average molecular weight is 348 g/mol. The van der Waals surface area contributed by atoms with Crippen LogP contribution < -0.4 is 5.32 Å². The summed E-state index contributed by atoms with van der Waals surface area (Å²) in [6, 6.07) is 18.5. The highest BCUT2D eigenvalue weighted by Crippen LogP contribution is 2.46. The van der Waals surface area contributed by atoms with Crippen molar-refractivity contribution in [3.8, 4) is 0 Å². The highest BCUT2D eigenvalue weighted by Gasteiger charge is 2.45. The standard InChI is InChI=1S/C23H28N2O/c1-15-7-11-17(12-8-15)21-19-5-4-6-20(23(19)25-26-3)22(24-21)18-13-9-16(2)10-14-18/h7-14,19-22,24H,4-6H2,1-3H3/t19-,20+,21+,22-. The van der Waals surface area contributed by atoms with Crippen LogP contribution in [-0.2, 0) is 4.84 Å². The quantitative estimate of drug-likeness (QED) is 0.782. The Bertz CT molecular complexity index is 717. The van der Waals surface area contributed by atoms with Gasteiger partial charge in [-0.05, 0) is 37.8 Å². The molecule has 4 atom stereocenters. The van der Waals surface area contributed by atoms with Crippen molar-refractivity contribution in [1.29, 1.82) is 0 Å². The Kier molecular flexibility index (Phi) is 4.82. The highest BCUT2D eigenvalue weighted by atomic mass is 16.6. The maximum atomic E-state index is 5.28. The first-order valence-electron chi connectivity index (χ1n) is 9.67. The van der Waals surface area contributed by atoms with Gasteiger partial charge in [-0.1, -0.05) is 71.2 Å². The normalized spacial score (nSPS) is 29.6. The lowest BCUT2D eigenvalue weighted by atomic mass is 9.67. The van der Waals surface area contributed by atoms with Gasteiger partial charge < -0.3 is 10.2 Å². The first kappa shape index (κ1) is 17.3. The Balaban J connectivity index is 1.76. The molecule has 4 rings (SSSR count). The number of aryl methyl sites for hydroxylation is 2. The van der Waals surface area contributed by atoms with Crippen LogP contribution in [0.1, 0.15) is 53.6 Å². The summed E-state index contributed by atoms with van der Waals surface area (Å²) in [6.07, 6.45) is 3.60. The molecule has 0 unspecified atom stereocenters. The molecule has 26 heavy (non-hydrogen) atoms. The molecule has 3 nitrogen and oxygen atoms in total. The summed E-state index contributed by atoms with van der Waals surface area (Å²) >= 11 is 0. The summed E-state index contributed by atoms with van der Waals surface area (Å²) in [6.45, 7) is 4.28. The maximum Gasteiger partial charge on any atom is 0.106 e. The fourth-order valence-electron chi connectivity index (χ4n) is 4.67. The zero-order valence-electron chi connectivity index (χ0n) is 15.9. The smallest absolute Gasteiger partial charge is 0.106 e. The number of benzene rings is 2. The SMILES string of the molecule is CON=C1[C@H]2CCC[C@@H]1[C@H](c1ccc(C)cc1)N[C@@H]2c1ccc(C)cc1. The first-order chi connectivity index (χ1) is 12.7. The summed E-state index contributed by atoms with van der Waals surface area (Å²) in [4.78, 5) is 5.28. The Hall–Kier alpha value is -2.13. The van der Waals surface area contributed by atoms with Crippen molar-refractivity contribution in [3.05, 3.63) is 70.8 Å². The lowest BCUT2D eigenvalue weighted by Gasteiger charge is -2.47. The minimum atomic E-state index is 0.285. The number of fused-ring (bicyclic) bond motifs is 2. The molecule has 2 bridgehead atoms. The molecule has 0 spiro atoms. The van der Waals surface area contributed by atoms with Gasteiger partial charge in [-0.25, -0.2) is 0 Å². The van der Waals surface area contributed by atoms with E-state index in [1.165, 1.54) is 47.2 Å². The van der Waals surface area contributed by atoms with E-state index in [-0.39, 0.29) is 12.1 Å². The van der Waals surface area contributed by atoms with Crippen LogP contribution in [-0.4, -0.2) is 12.8 Å². The number of nitrogens with zero attached hydrogens (tertiary/aromatic N) is 1. The number of piperidine rings is 1. The number of oxime groups is 1. The molecule has 1 saturated heterocycles. The zero-order valence-corrected chi connectivity index (χ0v) is 15.9. The molecule has 2 aliphatic rings. The van der Waals surface area contributed by atoms with E-state index in [1.54, 1.807) is 7.11 Å². The van der Waals surface area contributed by atoms with Crippen LogP contribution in [0.2, 0.25) is 0 Å². The van der Waals surface area contributed by atoms with Crippen molar-refractivity contribution in [3.63, 3.8) is 0 Å². The van der Waals surface area contributed by atoms with Crippen molar-refractivity contribution in [1.82, 2.24) is 5.32 Å². The largest absolute Gasteiger partial charge is 0.399 e. The summed E-state index contributed by atoms with van der Waals surface area (Å²) in [5.41, 5.74) is 6.54. The molecule has 0 amide bonds. The number of hydrogen-bond donors (Lipinski definition) is 1. The molecule has 2 aromatic carbocycles. The second-order valence-corrected chi connectivity index (χ2v) is 7.79. The summed E-state index contributed by atoms with van der Waals surface area (Å²) in [7, 11) is 1.67. The van der Waals surface area contributed by atoms with Crippen molar-refractivity contribution in [2.75, 3.05) is 7.11 Å². The van der Waals surface area contributed by atoms with Crippen LogP contribution in [0.4, 0.5) is 0 Å². The zero-order chi connectivity index (χ0) is 18.1. The Morgan fingerprint density at radius 2 is 1.27 bits per heavy atom. The van der Waals surface area contributed by atoms with Crippen LogP contribution in [0, 0.1) is 25.7 Å². The van der Waals surface area contributed by atoms with Crippen LogP contribution in [0.15, 0.2) is 53.7 Å². The summed E-state index contributed by atoms with van der Waals surface area (Å²) in [5, 5.41) is 8.51. The fourth-order valence-corrected chi connectivity index (χ4v) is 4.67. The van der Waals surface area contributed by atoms with E-state index in [9.17, 15) is 0 Å². The predicted octanol–water partition coefficient (Wildman–Crippen LogP) is 5.11. The molecule has 0 aromatic heterocycles. The fraction of sp³-hybridized carbons (Fsp3) is 0.435. The third kappa shape index (κ3) is 3.16. The molecule has 1 aliphatic heterocycles. The highest BCUT2D eigenvalue weighted by molar-refractivity contribution is 5.91. The lowest BCUT2D eigenvalue weighted by molar-refractivity contribution is 0.180. The number of hydrogen-bond acceptors (Lipinski definition) is 3. The van der Waals surface area contributed by atoms with Crippen LogP contribution in [0.3, 0.4) is 0 Å². The second-order valence-electron chi connectivity index (χ2n) is 7.79. The molecule has 1 N–H and O–H groups in total. The van der Waals surface area contributed by atoms with E-state index in [4.69, 9.17) is 4.84 Å². The van der Waals surface area contributed by atoms with E-state index in [2.05, 4.69) is 72.9 Å². The third-order valence-electron chi connectivity index (χ3n) is 6.02. The summed E-state index contributed by atoms with van der Waals surface area (Å²) in [5.74, 6) is 0.830. The number of nitrogens with one attached hydrogen (secondary N) is 1. The minimum Gasteiger partial charge on any atom is -0.399 e. The molecule has 1 aliphatic carbocycles. The molecule has 2 fully saturated rings. The van der Waals surface area contributed by atoms with E-state index >= 15 is 0 Å². The van der Waals surface area contributed by atoms with Gasteiger partial charge in [0.2, 0.25) is 0 Å². The summed E-state index contributed by atoms with van der Waals surface area (Å²) < 4.78 is 0. The van der Waals surface area contributed by atoms with Crippen LogP contribution >= 0.6 is 0 Å². The molecule has 2 aromatic rings. The molecular weight excluding hydrogens is 320 g/mol. The first-order valence-corrected chi connectivity index (χ1v) is 9.67. The van der Waals surface area contributed by atoms with Crippen LogP contribution in [0.25, 0.3) is 0 Å². The molecule has 3 heteroatoms. The van der Waals surface area contributed by atoms with Gasteiger partial charge in [-0.3, -0.25) is 0 Å². The van der Waals surface area contributed by atoms with E-state index in [0.29, 0.717) is 11.8 Å². The molecule has 0 radical (unpaired) electrons. The van der Waals surface area contributed by atoms with Gasteiger partial charge in [0.05, 0.1) is 5.71 Å². The van der Waals surface area contributed by atoms with Crippen molar-refractivity contribution < 1.29 is 4.84 Å². The predicted molar refractivity (Wildman–Crippen MR) is 106 cm³/mol. The Labute approximate surface area is 156 Å². The molecule has 1 heterocycles. The van der Waals surface area contributed by atoms with Gasteiger partial charge in [0, 0.05) is 23.9 Å². The van der Waals surface area contributed by atoms with Gasteiger partial charge >= 0.3 is 0 Å². The molecular formula is C23H28N2O. The second kappa shape index (κ2) is 7.24. The van der Waals surface area contributed by atoms with Crippen molar-refractivity contribution in [2.45, 2.75) is 45.2 Å². The van der Waals surface area contributed by atoms with Crippen molar-refractivity contribution in [2.24, 2.45) is 17.0 Å². The van der Waals surface area contributed by atoms with Gasteiger partial charge in [-0.2, -0.15) is 0 Å². The molecule has 1 saturated carbocycles. The Morgan fingerprint density at radius 1 is 0.808 bits per heavy atom. The number of rotatable bonds is 3. The average Bonchev–Trinajstić information content (AvgIpc) is 2.64. The molecule has 136 valence electrons. The topological polar surface area (TPSA) is 33.6 Å².